The third kappa shape index (κ3) is 6.70. The zero-order chi connectivity index (χ0) is 26.4. The Labute approximate surface area is 213 Å². The number of nitrogens with zero attached hydrogens (tertiary/aromatic N) is 1. The number of halogens is 1. The Bertz CT molecular complexity index is 1390. The Morgan fingerprint density at radius 1 is 0.919 bits per heavy atom. The van der Waals surface area contributed by atoms with Crippen molar-refractivity contribution in [2.24, 2.45) is 5.41 Å². The van der Waals surface area contributed by atoms with Crippen molar-refractivity contribution >= 4 is 17.6 Å². The first-order valence-electron chi connectivity index (χ1n) is 11.5. The second kappa shape index (κ2) is 10.9. The first-order valence-corrected chi connectivity index (χ1v) is 11.5. The van der Waals surface area contributed by atoms with E-state index in [0.29, 0.717) is 28.6 Å². The molecule has 0 aliphatic rings. The van der Waals surface area contributed by atoms with Gasteiger partial charge in [-0.05, 0) is 80.1 Å². The molecule has 0 aliphatic heterocycles. The lowest BCUT2D eigenvalue weighted by Gasteiger charge is -2.19. The van der Waals surface area contributed by atoms with Gasteiger partial charge in [-0.2, -0.15) is 0 Å². The molecule has 1 heterocycles. The highest BCUT2D eigenvalue weighted by molar-refractivity contribution is 6.04. The molecule has 1 amide bonds. The number of aliphatic carboxylic acids is 1. The highest BCUT2D eigenvalue weighted by Crippen LogP contribution is 2.25. The lowest BCUT2D eigenvalue weighted by Crippen LogP contribution is -2.30. The van der Waals surface area contributed by atoms with Gasteiger partial charge in [-0.15, -0.1) is 0 Å². The van der Waals surface area contributed by atoms with Crippen molar-refractivity contribution in [3.05, 3.63) is 103 Å². The average molecular weight is 501 g/mol. The monoisotopic (exact) mass is 500 g/mol. The van der Waals surface area contributed by atoms with Crippen LogP contribution in [0, 0.1) is 11.2 Å². The molecule has 4 aromatic rings. The maximum atomic E-state index is 13.1. The van der Waals surface area contributed by atoms with Crippen LogP contribution < -0.4 is 14.8 Å². The molecule has 188 valence electrons. The quantitative estimate of drug-likeness (QED) is 0.275. The van der Waals surface area contributed by atoms with E-state index in [2.05, 4.69) is 10.3 Å². The van der Waals surface area contributed by atoms with Crippen LogP contribution in [0.15, 0.2) is 91.1 Å². The van der Waals surface area contributed by atoms with Crippen molar-refractivity contribution in [2.75, 3.05) is 11.9 Å². The van der Waals surface area contributed by atoms with E-state index in [1.165, 1.54) is 24.3 Å². The number of pyridine rings is 1. The van der Waals surface area contributed by atoms with Crippen LogP contribution in [0.3, 0.4) is 0 Å². The summed E-state index contributed by atoms with van der Waals surface area (Å²) in [6, 6.07) is 23.1. The molecule has 4 rings (SSSR count). The summed E-state index contributed by atoms with van der Waals surface area (Å²) in [4.78, 5) is 28.2. The first-order chi connectivity index (χ1) is 17.7. The fraction of sp³-hybridized carbons (Fsp3) is 0.138. The summed E-state index contributed by atoms with van der Waals surface area (Å²) in [7, 11) is 0. The van der Waals surface area contributed by atoms with E-state index in [-0.39, 0.29) is 18.3 Å². The minimum atomic E-state index is -1.02. The summed E-state index contributed by atoms with van der Waals surface area (Å²) in [6.45, 7) is 3.18. The van der Waals surface area contributed by atoms with Crippen molar-refractivity contribution in [2.45, 2.75) is 13.8 Å². The molecule has 0 spiro atoms. The number of rotatable bonds is 9. The second-order valence-electron chi connectivity index (χ2n) is 8.98. The van der Waals surface area contributed by atoms with Gasteiger partial charge in [0.2, 0.25) is 5.88 Å². The number of carboxylic acid groups (broad SMARTS) is 1. The zero-order valence-corrected chi connectivity index (χ0v) is 20.3. The van der Waals surface area contributed by atoms with Gasteiger partial charge in [0.15, 0.2) is 0 Å². The molecule has 37 heavy (non-hydrogen) atoms. The number of carboxylic acids is 1. The molecule has 8 heteroatoms. The molecule has 0 aliphatic carbocycles. The summed E-state index contributed by atoms with van der Waals surface area (Å²) in [5.41, 5.74) is 1.74. The summed E-state index contributed by atoms with van der Waals surface area (Å²) in [6.07, 6.45) is 1.64. The number of aromatic nitrogens is 1. The van der Waals surface area contributed by atoms with Crippen LogP contribution in [-0.2, 0) is 4.79 Å². The molecule has 0 bridgehead atoms. The molecule has 0 saturated heterocycles. The minimum Gasteiger partial charge on any atom is -0.481 e. The summed E-state index contributed by atoms with van der Waals surface area (Å²) in [5, 5.41) is 12.0. The number of benzene rings is 3. The molecule has 0 fully saturated rings. The molecule has 2 N–H and O–H groups in total. The molecule has 7 nitrogen and oxygen atoms in total. The number of amides is 1. The number of ether oxygens (including phenoxy) is 2. The first kappa shape index (κ1) is 25.4. The van der Waals surface area contributed by atoms with E-state index in [0.717, 1.165) is 11.1 Å². The van der Waals surface area contributed by atoms with Crippen LogP contribution >= 0.6 is 0 Å². The SMILES string of the molecule is CC(C)(COc1ccc(-c2ccc(NC(=O)c3cccc(Oc4ccc(F)cc4)c3)cc2)cn1)C(=O)O. The number of carbonyl (C=O) groups is 2. The Balaban J connectivity index is 1.36. The Hall–Kier alpha value is -4.72. The number of nitrogens with one attached hydrogen (secondary N) is 1. The molecule has 0 unspecified atom stereocenters. The maximum absolute atomic E-state index is 13.1. The second-order valence-corrected chi connectivity index (χ2v) is 8.98. The van der Waals surface area contributed by atoms with Crippen LogP contribution in [-0.4, -0.2) is 28.6 Å². The van der Waals surface area contributed by atoms with Crippen LogP contribution in [0.25, 0.3) is 11.1 Å². The lowest BCUT2D eigenvalue weighted by atomic mass is 9.95. The zero-order valence-electron chi connectivity index (χ0n) is 20.3. The van der Waals surface area contributed by atoms with Crippen molar-refractivity contribution in [1.82, 2.24) is 4.98 Å². The van der Waals surface area contributed by atoms with Gasteiger partial charge in [0.1, 0.15) is 23.9 Å². The fourth-order valence-corrected chi connectivity index (χ4v) is 3.24. The van der Waals surface area contributed by atoms with Gasteiger partial charge in [0.25, 0.3) is 5.91 Å². The summed E-state index contributed by atoms with van der Waals surface area (Å²) in [5.74, 6) is -0.334. The normalized spacial score (nSPS) is 11.0. The summed E-state index contributed by atoms with van der Waals surface area (Å²) >= 11 is 0. The predicted molar refractivity (Wildman–Crippen MR) is 137 cm³/mol. The van der Waals surface area contributed by atoms with Gasteiger partial charge in [-0.3, -0.25) is 9.59 Å². The summed E-state index contributed by atoms with van der Waals surface area (Å²) < 4.78 is 24.3. The van der Waals surface area contributed by atoms with Crippen LogP contribution in [0.2, 0.25) is 0 Å². The van der Waals surface area contributed by atoms with E-state index in [9.17, 15) is 19.1 Å². The highest BCUT2D eigenvalue weighted by Gasteiger charge is 2.28. The Morgan fingerprint density at radius 3 is 2.27 bits per heavy atom. The smallest absolute Gasteiger partial charge is 0.312 e. The predicted octanol–water partition coefficient (Wildman–Crippen LogP) is 6.42. The van der Waals surface area contributed by atoms with E-state index in [1.54, 1.807) is 62.5 Å². The van der Waals surface area contributed by atoms with Gasteiger partial charge in [0, 0.05) is 29.1 Å². The molecule has 0 atom stereocenters. The number of hydrogen-bond donors (Lipinski definition) is 2. The van der Waals surface area contributed by atoms with E-state index >= 15 is 0 Å². The third-order valence-corrected chi connectivity index (χ3v) is 5.52. The van der Waals surface area contributed by atoms with E-state index in [1.807, 2.05) is 18.2 Å². The van der Waals surface area contributed by atoms with Crippen molar-refractivity contribution in [1.29, 1.82) is 0 Å². The largest absolute Gasteiger partial charge is 0.481 e. The number of anilines is 1. The van der Waals surface area contributed by atoms with Crippen molar-refractivity contribution in [3.63, 3.8) is 0 Å². The molecule has 0 radical (unpaired) electrons. The van der Waals surface area contributed by atoms with Crippen molar-refractivity contribution < 1.29 is 28.6 Å². The van der Waals surface area contributed by atoms with Gasteiger partial charge >= 0.3 is 5.97 Å². The third-order valence-electron chi connectivity index (χ3n) is 5.52. The highest BCUT2D eigenvalue weighted by atomic mass is 19.1. The van der Waals surface area contributed by atoms with Gasteiger partial charge < -0.3 is 19.9 Å². The van der Waals surface area contributed by atoms with Gasteiger partial charge in [-0.25, -0.2) is 9.37 Å². The Kier molecular flexibility index (Phi) is 7.48. The van der Waals surface area contributed by atoms with Crippen LogP contribution in [0.4, 0.5) is 10.1 Å². The topological polar surface area (TPSA) is 97.8 Å². The fourth-order valence-electron chi connectivity index (χ4n) is 3.24. The molecular weight excluding hydrogens is 475 g/mol. The Morgan fingerprint density at radius 2 is 1.62 bits per heavy atom. The van der Waals surface area contributed by atoms with E-state index < -0.39 is 11.4 Å². The molecule has 1 aromatic heterocycles. The molecule has 3 aromatic carbocycles. The van der Waals surface area contributed by atoms with Gasteiger partial charge in [0.05, 0.1) is 5.41 Å². The maximum Gasteiger partial charge on any atom is 0.312 e. The van der Waals surface area contributed by atoms with Gasteiger partial charge in [-0.1, -0.05) is 18.2 Å². The number of hydrogen-bond acceptors (Lipinski definition) is 5. The van der Waals surface area contributed by atoms with Crippen LogP contribution in [0.5, 0.6) is 17.4 Å². The minimum absolute atomic E-state index is 0.00431. The molecular formula is C29H25FN2O5. The van der Waals surface area contributed by atoms with Crippen molar-refractivity contribution in [3.8, 4) is 28.5 Å². The van der Waals surface area contributed by atoms with E-state index in [4.69, 9.17) is 9.47 Å². The van der Waals surface area contributed by atoms with Crippen LogP contribution in [0.1, 0.15) is 24.2 Å². The standard InChI is InChI=1S/C29H25FN2O5/c1-29(2,28(34)35)18-36-26-15-8-21(17-31-26)19-6-11-23(12-7-19)32-27(33)20-4-3-5-25(16-20)37-24-13-9-22(30)10-14-24/h3-17H,18H2,1-2H3,(H,32,33)(H,34,35). The molecule has 0 saturated carbocycles. The average Bonchev–Trinajstić information content (AvgIpc) is 2.90. The lowest BCUT2D eigenvalue weighted by molar-refractivity contribution is -0.148. The number of carbonyl (C=O) groups excluding carboxylic acids is 1.